The van der Waals surface area contributed by atoms with Crippen LogP contribution in [0.1, 0.15) is 12.5 Å². The van der Waals surface area contributed by atoms with Gasteiger partial charge in [-0.1, -0.05) is 18.2 Å². The summed E-state index contributed by atoms with van der Waals surface area (Å²) in [5.41, 5.74) is 3.83. The molecule has 19 heavy (non-hydrogen) atoms. The summed E-state index contributed by atoms with van der Waals surface area (Å²) in [7, 11) is 1.37. The van der Waals surface area contributed by atoms with E-state index in [0.29, 0.717) is 5.75 Å². The van der Waals surface area contributed by atoms with E-state index in [4.69, 9.17) is 10.5 Å². The molecule has 3 N–H and O–H groups in total. The van der Waals surface area contributed by atoms with E-state index in [1.807, 2.05) is 0 Å². The van der Waals surface area contributed by atoms with Crippen molar-refractivity contribution in [2.45, 2.75) is 18.6 Å². The van der Waals surface area contributed by atoms with Gasteiger partial charge in [0.2, 0.25) is 5.91 Å². The van der Waals surface area contributed by atoms with Gasteiger partial charge >= 0.3 is 6.18 Å². The van der Waals surface area contributed by atoms with Crippen LogP contribution in [0.15, 0.2) is 24.3 Å². The van der Waals surface area contributed by atoms with Gasteiger partial charge in [0.1, 0.15) is 11.3 Å². The quantitative estimate of drug-likeness (QED) is 0.857. The molecule has 0 saturated heterocycles. The van der Waals surface area contributed by atoms with Crippen LogP contribution >= 0.6 is 0 Å². The van der Waals surface area contributed by atoms with E-state index in [-0.39, 0.29) is 5.56 Å². The summed E-state index contributed by atoms with van der Waals surface area (Å²) >= 11 is 0. The van der Waals surface area contributed by atoms with Gasteiger partial charge in [-0.05, 0) is 13.0 Å². The molecular formula is C12H15F3N2O2. The fraction of sp³-hybridized carbons (Fsp3) is 0.417. The van der Waals surface area contributed by atoms with Crippen molar-refractivity contribution >= 4 is 5.91 Å². The number of hydrogen-bond acceptors (Lipinski definition) is 3. The largest absolute Gasteiger partial charge is 0.496 e. The molecule has 1 unspecified atom stereocenters. The van der Waals surface area contributed by atoms with Gasteiger partial charge in [0.05, 0.1) is 13.7 Å². The zero-order valence-corrected chi connectivity index (χ0v) is 10.5. The predicted molar refractivity (Wildman–Crippen MR) is 63.6 cm³/mol. The van der Waals surface area contributed by atoms with Crippen LogP contribution in [0.5, 0.6) is 5.75 Å². The maximum absolute atomic E-state index is 12.3. The average Bonchev–Trinajstić information content (AvgIpc) is 2.34. The molecule has 0 aromatic heterocycles. The summed E-state index contributed by atoms with van der Waals surface area (Å²) in [4.78, 5) is 11.5. The number of amides is 1. The number of alkyl halides is 3. The van der Waals surface area contributed by atoms with Gasteiger partial charge in [-0.15, -0.1) is 0 Å². The molecule has 1 aromatic rings. The average molecular weight is 276 g/mol. The van der Waals surface area contributed by atoms with Crippen LogP contribution in [0, 0.1) is 0 Å². The van der Waals surface area contributed by atoms with E-state index in [2.05, 4.69) is 5.32 Å². The van der Waals surface area contributed by atoms with Crippen LogP contribution in [0.3, 0.4) is 0 Å². The van der Waals surface area contributed by atoms with Gasteiger partial charge in [-0.2, -0.15) is 13.2 Å². The number of ether oxygens (including phenoxy) is 1. The predicted octanol–water partition coefficient (Wildman–Crippen LogP) is 1.55. The lowest BCUT2D eigenvalue weighted by Gasteiger charge is -2.29. The van der Waals surface area contributed by atoms with E-state index in [1.54, 1.807) is 18.2 Å². The summed E-state index contributed by atoms with van der Waals surface area (Å²) in [5, 5.41) is 2.15. The highest BCUT2D eigenvalue weighted by molar-refractivity contribution is 5.86. The van der Waals surface area contributed by atoms with Gasteiger partial charge < -0.3 is 10.5 Å². The molecule has 0 spiro atoms. The number of carbonyl (C=O) groups is 1. The van der Waals surface area contributed by atoms with E-state index < -0.39 is 24.2 Å². The molecule has 1 atom stereocenters. The third kappa shape index (κ3) is 3.60. The lowest BCUT2D eigenvalue weighted by atomic mass is 9.90. The lowest BCUT2D eigenvalue weighted by molar-refractivity contribution is -0.135. The molecule has 0 bridgehead atoms. The van der Waals surface area contributed by atoms with Crippen LogP contribution in [-0.2, 0) is 10.3 Å². The summed E-state index contributed by atoms with van der Waals surface area (Å²) in [6.45, 7) is -0.0383. The van der Waals surface area contributed by atoms with Crippen molar-refractivity contribution in [3.63, 3.8) is 0 Å². The van der Waals surface area contributed by atoms with Crippen molar-refractivity contribution in [2.24, 2.45) is 5.73 Å². The Bertz CT molecular complexity index is 463. The molecule has 1 rings (SSSR count). The Morgan fingerprint density at radius 3 is 2.42 bits per heavy atom. The smallest absolute Gasteiger partial charge is 0.401 e. The molecule has 0 radical (unpaired) electrons. The topological polar surface area (TPSA) is 64.3 Å². The number of methoxy groups -OCH3 is 1. The van der Waals surface area contributed by atoms with Crippen LogP contribution < -0.4 is 15.8 Å². The van der Waals surface area contributed by atoms with Gasteiger partial charge in [-0.3, -0.25) is 10.1 Å². The minimum atomic E-state index is -4.45. The standard InChI is InChI=1S/C12H15F3N2O2/c1-11(10(16)18,17-7-12(13,14)15)8-5-3-4-6-9(8)19-2/h3-6,17H,7H2,1-2H3,(H2,16,18). The Hall–Kier alpha value is -1.76. The Balaban J connectivity index is 3.15. The fourth-order valence-electron chi connectivity index (χ4n) is 1.65. The van der Waals surface area contributed by atoms with Crippen molar-refractivity contribution in [3.8, 4) is 5.75 Å². The van der Waals surface area contributed by atoms with Gasteiger partial charge in [0.25, 0.3) is 0 Å². The lowest BCUT2D eigenvalue weighted by Crippen LogP contribution is -2.53. The number of carbonyl (C=O) groups excluding carboxylic acids is 1. The van der Waals surface area contributed by atoms with Crippen LogP contribution in [0.25, 0.3) is 0 Å². The van der Waals surface area contributed by atoms with Crippen LogP contribution in [-0.4, -0.2) is 25.7 Å². The minimum absolute atomic E-state index is 0.259. The Kier molecular flexibility index (Phi) is 4.41. The molecule has 1 amide bonds. The van der Waals surface area contributed by atoms with E-state index in [0.717, 1.165) is 0 Å². The molecule has 0 aliphatic carbocycles. The number of rotatable bonds is 5. The second-order valence-electron chi connectivity index (χ2n) is 4.16. The third-order valence-corrected chi connectivity index (χ3v) is 2.78. The first-order valence-electron chi connectivity index (χ1n) is 5.46. The molecule has 0 saturated carbocycles. The molecule has 0 aliphatic heterocycles. The highest BCUT2D eigenvalue weighted by Gasteiger charge is 2.39. The highest BCUT2D eigenvalue weighted by Crippen LogP contribution is 2.30. The Morgan fingerprint density at radius 2 is 1.95 bits per heavy atom. The number of hydrogen-bond donors (Lipinski definition) is 2. The molecule has 0 aliphatic rings. The van der Waals surface area contributed by atoms with E-state index in [1.165, 1.54) is 20.1 Å². The van der Waals surface area contributed by atoms with E-state index in [9.17, 15) is 18.0 Å². The summed E-state index contributed by atoms with van der Waals surface area (Å²) < 4.78 is 41.9. The third-order valence-electron chi connectivity index (χ3n) is 2.78. The number of para-hydroxylation sites is 1. The second kappa shape index (κ2) is 5.48. The number of benzene rings is 1. The van der Waals surface area contributed by atoms with Crippen LogP contribution in [0.4, 0.5) is 13.2 Å². The molecule has 106 valence electrons. The maximum Gasteiger partial charge on any atom is 0.401 e. The fourth-order valence-corrected chi connectivity index (χ4v) is 1.65. The maximum atomic E-state index is 12.3. The van der Waals surface area contributed by atoms with Crippen molar-refractivity contribution in [2.75, 3.05) is 13.7 Å². The number of halogens is 3. The van der Waals surface area contributed by atoms with Crippen LogP contribution in [0.2, 0.25) is 0 Å². The second-order valence-corrected chi connectivity index (χ2v) is 4.16. The van der Waals surface area contributed by atoms with Crippen molar-refractivity contribution in [1.29, 1.82) is 0 Å². The monoisotopic (exact) mass is 276 g/mol. The van der Waals surface area contributed by atoms with Gasteiger partial charge in [-0.25, -0.2) is 0 Å². The summed E-state index contributed by atoms with van der Waals surface area (Å²) in [6, 6.07) is 6.28. The number of nitrogens with two attached hydrogens (primary N) is 1. The normalized spacial score (nSPS) is 14.8. The SMILES string of the molecule is COc1ccccc1C(C)(NCC(F)(F)F)C(N)=O. The number of primary amides is 1. The van der Waals surface area contributed by atoms with Gasteiger partial charge in [0, 0.05) is 5.56 Å². The highest BCUT2D eigenvalue weighted by atomic mass is 19.4. The molecule has 4 nitrogen and oxygen atoms in total. The number of nitrogens with one attached hydrogen (secondary N) is 1. The Labute approximate surface area is 108 Å². The zero-order valence-electron chi connectivity index (χ0n) is 10.5. The molecule has 0 fully saturated rings. The molecule has 7 heteroatoms. The molecule has 0 heterocycles. The summed E-state index contributed by atoms with van der Waals surface area (Å²) in [5.74, 6) is -0.625. The Morgan fingerprint density at radius 1 is 1.37 bits per heavy atom. The molecule has 1 aromatic carbocycles. The first-order valence-corrected chi connectivity index (χ1v) is 5.46. The van der Waals surface area contributed by atoms with Crippen molar-refractivity contribution in [1.82, 2.24) is 5.32 Å². The minimum Gasteiger partial charge on any atom is -0.496 e. The zero-order chi connectivity index (χ0) is 14.7. The van der Waals surface area contributed by atoms with Crippen molar-refractivity contribution < 1.29 is 22.7 Å². The van der Waals surface area contributed by atoms with E-state index >= 15 is 0 Å². The van der Waals surface area contributed by atoms with Gasteiger partial charge in [0.15, 0.2) is 0 Å². The first kappa shape index (κ1) is 15.3. The summed E-state index contributed by atoms with van der Waals surface area (Å²) in [6.07, 6.45) is -4.45. The van der Waals surface area contributed by atoms with Crippen molar-refractivity contribution in [3.05, 3.63) is 29.8 Å². The first-order chi connectivity index (χ1) is 8.70. The molecular weight excluding hydrogens is 261 g/mol.